The van der Waals surface area contributed by atoms with Crippen molar-refractivity contribution < 1.29 is 4.74 Å². The van der Waals surface area contributed by atoms with Gasteiger partial charge >= 0.3 is 0 Å². The van der Waals surface area contributed by atoms with E-state index in [4.69, 9.17) is 10.5 Å². The second kappa shape index (κ2) is 6.05. The van der Waals surface area contributed by atoms with Crippen molar-refractivity contribution in [2.24, 2.45) is 5.73 Å². The van der Waals surface area contributed by atoms with Crippen LogP contribution in [0, 0.1) is 11.3 Å². The third kappa shape index (κ3) is 2.73. The number of benzene rings is 1. The van der Waals surface area contributed by atoms with Crippen LogP contribution in [0.5, 0.6) is 5.75 Å². The second-order valence-corrected chi connectivity index (χ2v) is 4.95. The average molecular weight is 259 g/mol. The Bertz CT molecular complexity index is 481. The van der Waals surface area contributed by atoms with Gasteiger partial charge in [0.05, 0.1) is 12.7 Å². The first-order valence-electron chi connectivity index (χ1n) is 6.79. The number of hydrogen-bond acceptors (Lipinski definition) is 4. The topological polar surface area (TPSA) is 62.3 Å². The first-order chi connectivity index (χ1) is 9.21. The van der Waals surface area contributed by atoms with Crippen LogP contribution in [0.4, 0.5) is 0 Å². The smallest absolute Gasteiger partial charge is 0.136 e. The number of methoxy groups -OCH3 is 1. The van der Waals surface area contributed by atoms with Gasteiger partial charge in [0.1, 0.15) is 11.8 Å². The van der Waals surface area contributed by atoms with E-state index in [9.17, 15) is 5.26 Å². The Morgan fingerprint density at radius 1 is 1.53 bits per heavy atom. The van der Waals surface area contributed by atoms with Crippen molar-refractivity contribution in [3.63, 3.8) is 0 Å². The average Bonchev–Trinajstić information content (AvgIpc) is 2.46. The van der Waals surface area contributed by atoms with E-state index in [1.165, 1.54) is 0 Å². The van der Waals surface area contributed by atoms with Crippen molar-refractivity contribution in [2.75, 3.05) is 20.2 Å². The molecule has 0 aliphatic carbocycles. The van der Waals surface area contributed by atoms with Gasteiger partial charge in [0.15, 0.2) is 0 Å². The number of likely N-dealkylation sites (tertiary alicyclic amines) is 1. The molecule has 0 aromatic heterocycles. The Balaban J connectivity index is 2.36. The molecule has 0 radical (unpaired) electrons. The Labute approximate surface area is 114 Å². The molecule has 1 heterocycles. The van der Waals surface area contributed by atoms with E-state index < -0.39 is 0 Å². The zero-order valence-electron chi connectivity index (χ0n) is 11.6. The maximum absolute atomic E-state index is 9.19. The lowest BCUT2D eigenvalue weighted by molar-refractivity contribution is 0.136. The van der Waals surface area contributed by atoms with Gasteiger partial charge in [0.25, 0.3) is 0 Å². The third-order valence-electron chi connectivity index (χ3n) is 3.87. The molecule has 2 N–H and O–H groups in total. The summed E-state index contributed by atoms with van der Waals surface area (Å²) in [5.41, 5.74) is 7.98. The van der Waals surface area contributed by atoms with E-state index in [-0.39, 0.29) is 12.1 Å². The van der Waals surface area contributed by atoms with Crippen molar-refractivity contribution in [2.45, 2.75) is 31.8 Å². The van der Waals surface area contributed by atoms with Gasteiger partial charge in [-0.15, -0.1) is 0 Å². The number of ether oxygens (including phenoxy) is 1. The molecule has 1 aromatic rings. The highest BCUT2D eigenvalue weighted by Crippen LogP contribution is 2.32. The summed E-state index contributed by atoms with van der Waals surface area (Å²) >= 11 is 0. The fourth-order valence-corrected chi connectivity index (χ4v) is 2.91. The van der Waals surface area contributed by atoms with Crippen molar-refractivity contribution in [1.82, 2.24) is 4.90 Å². The molecule has 1 fully saturated rings. The molecule has 1 saturated heterocycles. The summed E-state index contributed by atoms with van der Waals surface area (Å²) in [5, 5.41) is 9.19. The third-order valence-corrected chi connectivity index (χ3v) is 3.87. The minimum atomic E-state index is 0.133. The van der Waals surface area contributed by atoms with E-state index in [0.717, 1.165) is 31.5 Å². The van der Waals surface area contributed by atoms with E-state index in [0.29, 0.717) is 11.3 Å². The summed E-state index contributed by atoms with van der Waals surface area (Å²) in [5.74, 6) is 0.624. The van der Waals surface area contributed by atoms with Gasteiger partial charge < -0.3 is 10.5 Å². The Kier molecular flexibility index (Phi) is 4.41. The largest absolute Gasteiger partial charge is 0.495 e. The maximum atomic E-state index is 9.19. The Hall–Kier alpha value is -1.57. The van der Waals surface area contributed by atoms with Crippen LogP contribution in [0.25, 0.3) is 0 Å². The SMILES string of the molecule is CCN1CCCC(N)C1c1ccc(OC)c(C#N)c1. The quantitative estimate of drug-likeness (QED) is 0.902. The monoisotopic (exact) mass is 259 g/mol. The maximum Gasteiger partial charge on any atom is 0.136 e. The zero-order valence-corrected chi connectivity index (χ0v) is 11.6. The molecule has 0 bridgehead atoms. The van der Waals surface area contributed by atoms with Gasteiger partial charge in [-0.2, -0.15) is 5.26 Å². The van der Waals surface area contributed by atoms with Crippen molar-refractivity contribution in [3.05, 3.63) is 29.3 Å². The van der Waals surface area contributed by atoms with Gasteiger partial charge in [0, 0.05) is 12.1 Å². The molecule has 2 unspecified atom stereocenters. The molecule has 2 atom stereocenters. The summed E-state index contributed by atoms with van der Waals surface area (Å²) in [6.07, 6.45) is 2.18. The van der Waals surface area contributed by atoms with Crippen LogP contribution in [-0.4, -0.2) is 31.1 Å². The molecule has 102 valence electrons. The molecule has 4 heteroatoms. The minimum absolute atomic E-state index is 0.133. The van der Waals surface area contributed by atoms with Crippen LogP contribution in [0.15, 0.2) is 18.2 Å². The van der Waals surface area contributed by atoms with Gasteiger partial charge in [-0.05, 0) is 43.6 Å². The number of hydrogen-bond donors (Lipinski definition) is 1. The molecule has 1 aliphatic heterocycles. The lowest BCUT2D eigenvalue weighted by Gasteiger charge is -2.39. The van der Waals surface area contributed by atoms with Crippen molar-refractivity contribution in [1.29, 1.82) is 5.26 Å². The molecule has 0 saturated carbocycles. The zero-order chi connectivity index (χ0) is 13.8. The molecule has 1 aromatic carbocycles. The number of rotatable bonds is 3. The predicted octanol–water partition coefficient (Wildman–Crippen LogP) is 2.05. The first-order valence-corrected chi connectivity index (χ1v) is 6.79. The fraction of sp³-hybridized carbons (Fsp3) is 0.533. The van der Waals surface area contributed by atoms with Crippen LogP contribution in [0.3, 0.4) is 0 Å². The van der Waals surface area contributed by atoms with Gasteiger partial charge in [0.2, 0.25) is 0 Å². The number of nitrogens with zero attached hydrogens (tertiary/aromatic N) is 2. The summed E-state index contributed by atoms with van der Waals surface area (Å²) in [6, 6.07) is 8.33. The highest BCUT2D eigenvalue weighted by molar-refractivity contribution is 5.46. The van der Waals surface area contributed by atoms with Crippen LogP contribution in [-0.2, 0) is 0 Å². The lowest BCUT2D eigenvalue weighted by atomic mass is 9.90. The number of nitriles is 1. The molecule has 0 spiro atoms. The van der Waals surface area contributed by atoms with E-state index in [1.54, 1.807) is 7.11 Å². The summed E-state index contributed by atoms with van der Waals surface area (Å²) in [4.78, 5) is 2.39. The van der Waals surface area contributed by atoms with Crippen molar-refractivity contribution >= 4 is 0 Å². The van der Waals surface area contributed by atoms with Gasteiger partial charge in [-0.3, -0.25) is 4.90 Å². The molecular weight excluding hydrogens is 238 g/mol. The molecule has 4 nitrogen and oxygen atoms in total. The van der Waals surface area contributed by atoms with Gasteiger partial charge in [-0.25, -0.2) is 0 Å². The number of piperidine rings is 1. The summed E-state index contributed by atoms with van der Waals surface area (Å²) in [7, 11) is 1.58. The Morgan fingerprint density at radius 2 is 2.32 bits per heavy atom. The highest BCUT2D eigenvalue weighted by Gasteiger charge is 2.29. The lowest BCUT2D eigenvalue weighted by Crippen LogP contribution is -2.45. The minimum Gasteiger partial charge on any atom is -0.495 e. The Morgan fingerprint density at radius 3 is 2.95 bits per heavy atom. The highest BCUT2D eigenvalue weighted by atomic mass is 16.5. The van der Waals surface area contributed by atoms with Crippen molar-refractivity contribution in [3.8, 4) is 11.8 Å². The normalized spacial score (nSPS) is 23.9. The number of likely N-dealkylation sites (N-methyl/N-ethyl adjacent to an activating group) is 1. The van der Waals surface area contributed by atoms with Crippen LogP contribution >= 0.6 is 0 Å². The molecule has 2 rings (SSSR count). The molecular formula is C15H21N3O. The summed E-state index contributed by atoms with van der Waals surface area (Å²) < 4.78 is 5.19. The summed E-state index contributed by atoms with van der Waals surface area (Å²) in [6.45, 7) is 4.20. The predicted molar refractivity (Wildman–Crippen MR) is 74.9 cm³/mol. The van der Waals surface area contributed by atoms with E-state index in [2.05, 4.69) is 17.9 Å². The molecule has 19 heavy (non-hydrogen) atoms. The second-order valence-electron chi connectivity index (χ2n) is 4.95. The molecule has 1 aliphatic rings. The van der Waals surface area contributed by atoms with E-state index in [1.807, 2.05) is 18.2 Å². The van der Waals surface area contributed by atoms with Gasteiger partial charge in [-0.1, -0.05) is 13.0 Å². The van der Waals surface area contributed by atoms with Crippen LogP contribution in [0.1, 0.15) is 36.9 Å². The van der Waals surface area contributed by atoms with E-state index >= 15 is 0 Å². The van der Waals surface area contributed by atoms with Crippen LogP contribution < -0.4 is 10.5 Å². The number of nitrogens with two attached hydrogens (primary N) is 1. The standard InChI is InChI=1S/C15H21N3O/c1-3-18-8-4-5-13(17)15(18)11-6-7-14(19-2)12(9-11)10-16/h6-7,9,13,15H,3-5,8,17H2,1-2H3. The first kappa shape index (κ1) is 13.9. The molecule has 0 amide bonds. The fourth-order valence-electron chi connectivity index (χ4n) is 2.91. The van der Waals surface area contributed by atoms with Crippen LogP contribution in [0.2, 0.25) is 0 Å².